The number of carbonyl (C=O) groups excluding carboxylic acids is 2. The van der Waals surface area contributed by atoms with Crippen LogP contribution < -0.4 is 10.8 Å². The van der Waals surface area contributed by atoms with Crippen molar-refractivity contribution in [3.63, 3.8) is 0 Å². The van der Waals surface area contributed by atoms with Crippen molar-refractivity contribution in [2.75, 3.05) is 7.11 Å². The smallest absolute Gasteiger partial charge is 0.326 e. The molecule has 0 saturated carbocycles. The number of carboxylic acids is 1. The highest BCUT2D eigenvalue weighted by Gasteiger charge is 2.20. The van der Waals surface area contributed by atoms with E-state index in [1.165, 1.54) is 84.2 Å². The van der Waals surface area contributed by atoms with Gasteiger partial charge in [-0.15, -0.1) is 0 Å². The molecular weight excluding hydrogens is 396 g/mol. The molecule has 0 radical (unpaired) electrons. The van der Waals surface area contributed by atoms with E-state index in [4.69, 9.17) is 0 Å². The molecule has 0 unspecified atom stereocenters. The maximum absolute atomic E-state index is 12.0. The molecule has 0 aliphatic heterocycles. The van der Waals surface area contributed by atoms with Crippen LogP contribution in [-0.2, 0) is 19.2 Å². The van der Waals surface area contributed by atoms with E-state index < -0.39 is 17.9 Å². The fourth-order valence-electron chi connectivity index (χ4n) is 3.62. The van der Waals surface area contributed by atoms with Gasteiger partial charge in [0.15, 0.2) is 0 Å². The molecule has 3 N–H and O–H groups in total. The fourth-order valence-corrected chi connectivity index (χ4v) is 3.62. The van der Waals surface area contributed by atoms with Crippen molar-refractivity contribution in [1.82, 2.24) is 10.8 Å². The molecule has 0 heterocycles. The Balaban J connectivity index is 3.55. The molecule has 182 valence electrons. The van der Waals surface area contributed by atoms with E-state index in [9.17, 15) is 19.5 Å². The normalized spacial score (nSPS) is 11.8. The van der Waals surface area contributed by atoms with Gasteiger partial charge in [-0.2, -0.15) is 0 Å². The Labute approximate surface area is 189 Å². The SMILES string of the molecule is CCCCCCCCCCCCCCCCCC(=O)N[C@@H](CCC(=O)NOC)C(=O)O. The number of nitrogens with one attached hydrogen (secondary N) is 2. The largest absolute Gasteiger partial charge is 0.480 e. The molecule has 0 aliphatic carbocycles. The zero-order valence-corrected chi connectivity index (χ0v) is 19.9. The highest BCUT2D eigenvalue weighted by Crippen LogP contribution is 2.13. The number of unbranched alkanes of at least 4 members (excludes halogenated alkanes) is 14. The van der Waals surface area contributed by atoms with Crippen molar-refractivity contribution in [2.45, 2.75) is 129 Å². The maximum Gasteiger partial charge on any atom is 0.326 e. The summed E-state index contributed by atoms with van der Waals surface area (Å²) in [6.45, 7) is 2.25. The van der Waals surface area contributed by atoms with Gasteiger partial charge in [-0.05, 0) is 12.8 Å². The lowest BCUT2D eigenvalue weighted by Gasteiger charge is -2.14. The molecule has 0 aromatic carbocycles. The maximum atomic E-state index is 12.0. The second-order valence-electron chi connectivity index (χ2n) is 8.43. The van der Waals surface area contributed by atoms with Gasteiger partial charge in [0.1, 0.15) is 6.04 Å². The van der Waals surface area contributed by atoms with Gasteiger partial charge in [-0.3, -0.25) is 14.4 Å². The van der Waals surface area contributed by atoms with Crippen molar-refractivity contribution in [2.24, 2.45) is 0 Å². The van der Waals surface area contributed by atoms with E-state index in [1.54, 1.807) is 0 Å². The predicted octanol–water partition coefficient (Wildman–Crippen LogP) is 5.28. The summed E-state index contributed by atoms with van der Waals surface area (Å²) in [4.78, 5) is 39.0. The van der Waals surface area contributed by atoms with E-state index in [0.717, 1.165) is 19.3 Å². The van der Waals surface area contributed by atoms with Crippen molar-refractivity contribution in [1.29, 1.82) is 0 Å². The summed E-state index contributed by atoms with van der Waals surface area (Å²) in [6.07, 6.45) is 19.3. The number of hydroxylamine groups is 1. The molecule has 2 amide bonds. The summed E-state index contributed by atoms with van der Waals surface area (Å²) >= 11 is 0. The first-order valence-corrected chi connectivity index (χ1v) is 12.3. The summed E-state index contributed by atoms with van der Waals surface area (Å²) < 4.78 is 0. The first-order chi connectivity index (χ1) is 15.0. The average molecular weight is 443 g/mol. The second kappa shape index (κ2) is 21.6. The van der Waals surface area contributed by atoms with Gasteiger partial charge >= 0.3 is 5.97 Å². The highest BCUT2D eigenvalue weighted by atomic mass is 16.6. The van der Waals surface area contributed by atoms with Crippen molar-refractivity contribution in [3.05, 3.63) is 0 Å². The number of carbonyl (C=O) groups is 3. The Morgan fingerprint density at radius 1 is 0.710 bits per heavy atom. The summed E-state index contributed by atoms with van der Waals surface area (Å²) in [5.41, 5.74) is 2.13. The molecule has 1 atom stereocenters. The van der Waals surface area contributed by atoms with Crippen LogP contribution >= 0.6 is 0 Å². The first kappa shape index (κ1) is 29.4. The molecule has 7 nitrogen and oxygen atoms in total. The zero-order valence-electron chi connectivity index (χ0n) is 19.9. The molecule has 0 rings (SSSR count). The molecule has 7 heteroatoms. The number of hydrogen-bond donors (Lipinski definition) is 3. The predicted molar refractivity (Wildman–Crippen MR) is 123 cm³/mol. The van der Waals surface area contributed by atoms with Crippen LogP contribution in [0.3, 0.4) is 0 Å². The third-order valence-corrected chi connectivity index (χ3v) is 5.52. The molecule has 31 heavy (non-hydrogen) atoms. The lowest BCUT2D eigenvalue weighted by atomic mass is 10.0. The van der Waals surface area contributed by atoms with Gasteiger partial charge < -0.3 is 10.4 Å². The van der Waals surface area contributed by atoms with Gasteiger partial charge in [-0.1, -0.05) is 96.8 Å². The zero-order chi connectivity index (χ0) is 23.2. The minimum absolute atomic E-state index is 0.0238. The number of aliphatic carboxylic acids is 1. The Hall–Kier alpha value is -1.63. The summed E-state index contributed by atoms with van der Waals surface area (Å²) in [6, 6.07) is -1.05. The van der Waals surface area contributed by atoms with Crippen molar-refractivity contribution >= 4 is 17.8 Å². The fraction of sp³-hybridized carbons (Fsp3) is 0.875. The first-order valence-electron chi connectivity index (χ1n) is 12.3. The number of carboxylic acid groups (broad SMARTS) is 1. The van der Waals surface area contributed by atoms with Crippen molar-refractivity contribution < 1.29 is 24.3 Å². The topological polar surface area (TPSA) is 105 Å². The molecule has 0 spiro atoms. The van der Waals surface area contributed by atoms with Crippen molar-refractivity contribution in [3.8, 4) is 0 Å². The van der Waals surface area contributed by atoms with Crippen LogP contribution in [0.4, 0.5) is 0 Å². The van der Waals surface area contributed by atoms with Gasteiger partial charge in [0.2, 0.25) is 11.8 Å². The van der Waals surface area contributed by atoms with E-state index in [1.807, 2.05) is 0 Å². The van der Waals surface area contributed by atoms with E-state index in [2.05, 4.69) is 22.6 Å². The molecular formula is C24H46N2O5. The molecule has 0 bridgehead atoms. The Morgan fingerprint density at radius 3 is 1.58 bits per heavy atom. The lowest BCUT2D eigenvalue weighted by molar-refractivity contribution is -0.142. The van der Waals surface area contributed by atoms with Crippen LogP contribution in [0.15, 0.2) is 0 Å². The van der Waals surface area contributed by atoms with E-state index in [0.29, 0.717) is 6.42 Å². The third kappa shape index (κ3) is 20.0. The minimum Gasteiger partial charge on any atom is -0.480 e. The molecule has 0 aromatic heterocycles. The van der Waals surface area contributed by atoms with E-state index >= 15 is 0 Å². The third-order valence-electron chi connectivity index (χ3n) is 5.52. The number of hydrogen-bond acceptors (Lipinski definition) is 4. The summed E-state index contributed by atoms with van der Waals surface area (Å²) in [5, 5.41) is 11.7. The molecule has 0 fully saturated rings. The van der Waals surface area contributed by atoms with Crippen LogP contribution in [-0.4, -0.2) is 36.0 Å². The van der Waals surface area contributed by atoms with Gasteiger partial charge in [0, 0.05) is 12.8 Å². The van der Waals surface area contributed by atoms with Gasteiger partial charge in [0.25, 0.3) is 0 Å². The quantitative estimate of drug-likeness (QED) is 0.156. The number of amides is 2. The molecule has 0 aromatic rings. The van der Waals surface area contributed by atoms with Crippen LogP contribution in [0, 0.1) is 0 Å². The molecule has 0 saturated heterocycles. The van der Waals surface area contributed by atoms with Crippen LogP contribution in [0.25, 0.3) is 0 Å². The highest BCUT2D eigenvalue weighted by molar-refractivity contribution is 5.84. The van der Waals surface area contributed by atoms with Crippen LogP contribution in [0.5, 0.6) is 0 Å². The summed E-state index contributed by atoms with van der Waals surface area (Å²) in [7, 11) is 1.31. The Morgan fingerprint density at radius 2 is 1.16 bits per heavy atom. The summed E-state index contributed by atoms with van der Waals surface area (Å²) in [5.74, 6) is -1.81. The standard InChI is InChI=1S/C24H46N2O5/c1-3-4-5-6-7-8-9-10-11-12-13-14-15-16-17-18-22(27)25-21(24(29)30)19-20-23(28)26-31-2/h21H,3-20H2,1-2H3,(H,25,27)(H,26,28)(H,29,30)/t21-/m0/s1. The Kier molecular flexibility index (Phi) is 20.5. The van der Waals surface area contributed by atoms with Crippen LogP contribution in [0.2, 0.25) is 0 Å². The van der Waals surface area contributed by atoms with Gasteiger partial charge in [0.05, 0.1) is 7.11 Å². The van der Waals surface area contributed by atoms with E-state index in [-0.39, 0.29) is 18.7 Å². The number of rotatable bonds is 22. The average Bonchev–Trinajstić information content (AvgIpc) is 2.73. The van der Waals surface area contributed by atoms with Crippen LogP contribution in [0.1, 0.15) is 122 Å². The Bertz CT molecular complexity index is 471. The van der Waals surface area contributed by atoms with Gasteiger partial charge in [-0.25, -0.2) is 10.3 Å². The second-order valence-corrected chi connectivity index (χ2v) is 8.43. The lowest BCUT2D eigenvalue weighted by Crippen LogP contribution is -2.41. The monoisotopic (exact) mass is 442 g/mol. The molecule has 0 aliphatic rings. The minimum atomic E-state index is -1.13.